The first-order valence-electron chi connectivity index (χ1n) is 6.75. The molecule has 2 atom stereocenters. The maximum atomic E-state index is 11.8. The zero-order chi connectivity index (χ0) is 13.5. The number of nitrogens with zero attached hydrogens (tertiary/aromatic N) is 1. The fourth-order valence-electron chi connectivity index (χ4n) is 2.11. The average molecular weight is 257 g/mol. The fourth-order valence-corrected chi connectivity index (χ4v) is 2.11. The highest BCUT2D eigenvalue weighted by molar-refractivity contribution is 5.70. The summed E-state index contributed by atoms with van der Waals surface area (Å²) in [5.74, 6) is -0.210. The summed E-state index contributed by atoms with van der Waals surface area (Å²) >= 11 is 0. The van der Waals surface area contributed by atoms with Gasteiger partial charge in [0.25, 0.3) is 0 Å². The number of rotatable bonds is 5. The van der Waals surface area contributed by atoms with Crippen molar-refractivity contribution in [3.63, 3.8) is 0 Å². The molecule has 5 nitrogen and oxygen atoms in total. The van der Waals surface area contributed by atoms with Gasteiger partial charge in [-0.3, -0.25) is 4.79 Å². The van der Waals surface area contributed by atoms with Crippen molar-refractivity contribution >= 4 is 12.1 Å². The van der Waals surface area contributed by atoms with Gasteiger partial charge in [0.15, 0.2) is 0 Å². The van der Waals surface area contributed by atoms with E-state index in [1.54, 1.807) is 11.8 Å². The lowest BCUT2D eigenvalue weighted by molar-refractivity contribution is -0.148. The number of hydrogen-bond acceptors (Lipinski definition) is 4. The van der Waals surface area contributed by atoms with Crippen LogP contribution in [0, 0.1) is 0 Å². The quantitative estimate of drug-likeness (QED) is 0.709. The van der Waals surface area contributed by atoms with E-state index in [1.165, 1.54) is 0 Å². The summed E-state index contributed by atoms with van der Waals surface area (Å²) < 4.78 is 10.4. The van der Waals surface area contributed by atoms with Crippen LogP contribution in [0.2, 0.25) is 0 Å². The third-order valence-electron chi connectivity index (χ3n) is 3.10. The molecular weight excluding hydrogens is 234 g/mol. The number of esters is 1. The Morgan fingerprint density at radius 2 is 2.00 bits per heavy atom. The molecule has 1 fully saturated rings. The molecule has 0 aromatic rings. The highest BCUT2D eigenvalue weighted by Gasteiger charge is 2.36. The second-order valence-electron chi connectivity index (χ2n) is 4.53. The minimum Gasteiger partial charge on any atom is -0.460 e. The van der Waals surface area contributed by atoms with Crippen molar-refractivity contribution in [3.8, 4) is 0 Å². The number of carbonyl (C=O) groups is 2. The monoisotopic (exact) mass is 257 g/mol. The van der Waals surface area contributed by atoms with Crippen LogP contribution in [0.1, 0.15) is 46.5 Å². The summed E-state index contributed by atoms with van der Waals surface area (Å²) in [7, 11) is 0. The third kappa shape index (κ3) is 3.89. The molecule has 0 aromatic carbocycles. The Balaban J connectivity index is 2.52. The van der Waals surface area contributed by atoms with Crippen LogP contribution in [0.4, 0.5) is 4.79 Å². The topological polar surface area (TPSA) is 55.8 Å². The Kier molecular flexibility index (Phi) is 5.95. The molecule has 104 valence electrons. The lowest BCUT2D eigenvalue weighted by Gasteiger charge is -2.22. The first-order chi connectivity index (χ1) is 8.62. The van der Waals surface area contributed by atoms with Crippen molar-refractivity contribution in [1.82, 2.24) is 4.90 Å². The molecule has 0 saturated carbocycles. The van der Waals surface area contributed by atoms with Crippen molar-refractivity contribution in [2.45, 2.75) is 58.6 Å². The van der Waals surface area contributed by atoms with E-state index in [9.17, 15) is 9.59 Å². The van der Waals surface area contributed by atoms with Gasteiger partial charge in [-0.15, -0.1) is 0 Å². The van der Waals surface area contributed by atoms with E-state index >= 15 is 0 Å². The summed E-state index contributed by atoms with van der Waals surface area (Å²) in [6.07, 6.45) is 2.26. The molecule has 18 heavy (non-hydrogen) atoms. The van der Waals surface area contributed by atoms with Crippen LogP contribution >= 0.6 is 0 Å². The molecule has 1 aliphatic rings. The Morgan fingerprint density at radius 1 is 1.28 bits per heavy atom. The summed E-state index contributed by atoms with van der Waals surface area (Å²) in [6.45, 7) is 6.63. The van der Waals surface area contributed by atoms with E-state index in [0.717, 1.165) is 12.8 Å². The molecule has 5 heteroatoms. The van der Waals surface area contributed by atoms with Gasteiger partial charge in [-0.1, -0.05) is 20.8 Å². The predicted octanol–water partition coefficient (Wildman–Crippen LogP) is 2.34. The van der Waals surface area contributed by atoms with E-state index < -0.39 is 0 Å². The molecule has 0 bridgehead atoms. The zero-order valence-corrected chi connectivity index (χ0v) is 11.5. The molecule has 0 aromatic heterocycles. The standard InChI is InChI=1S/C13H23NO4/c1-4-7-17-13(16)14-9-11(8-10(14)5-2)18-12(15)6-3/h10-11H,4-9H2,1-3H3/t10-,11?/m1/s1. The summed E-state index contributed by atoms with van der Waals surface area (Å²) in [4.78, 5) is 24.8. The van der Waals surface area contributed by atoms with Crippen LogP contribution in [-0.2, 0) is 14.3 Å². The SMILES string of the molecule is CCCOC(=O)N1CC(OC(=O)CC)C[C@H]1CC. The molecule has 0 N–H and O–H groups in total. The van der Waals surface area contributed by atoms with Crippen LogP contribution in [0.5, 0.6) is 0 Å². The van der Waals surface area contributed by atoms with Gasteiger partial charge in [-0.05, 0) is 12.8 Å². The summed E-state index contributed by atoms with van der Waals surface area (Å²) in [5, 5.41) is 0. The molecule has 1 unspecified atom stereocenters. The van der Waals surface area contributed by atoms with Crippen molar-refractivity contribution in [3.05, 3.63) is 0 Å². The van der Waals surface area contributed by atoms with E-state index in [1.807, 2.05) is 13.8 Å². The first-order valence-corrected chi connectivity index (χ1v) is 6.75. The third-order valence-corrected chi connectivity index (χ3v) is 3.10. The smallest absolute Gasteiger partial charge is 0.410 e. The van der Waals surface area contributed by atoms with E-state index in [4.69, 9.17) is 9.47 Å². The molecule has 1 heterocycles. The average Bonchev–Trinajstić information content (AvgIpc) is 2.78. The largest absolute Gasteiger partial charge is 0.460 e. The van der Waals surface area contributed by atoms with Crippen LogP contribution in [0.15, 0.2) is 0 Å². The van der Waals surface area contributed by atoms with Gasteiger partial charge in [0, 0.05) is 18.9 Å². The summed E-state index contributed by atoms with van der Waals surface area (Å²) in [6, 6.07) is 0.115. The normalized spacial score (nSPS) is 22.9. The van der Waals surface area contributed by atoms with Gasteiger partial charge < -0.3 is 14.4 Å². The number of hydrogen-bond donors (Lipinski definition) is 0. The molecule has 0 spiro atoms. The molecule has 1 rings (SSSR count). The van der Waals surface area contributed by atoms with Gasteiger partial charge in [0.05, 0.1) is 13.2 Å². The van der Waals surface area contributed by atoms with Crippen molar-refractivity contribution in [1.29, 1.82) is 0 Å². The Morgan fingerprint density at radius 3 is 2.56 bits per heavy atom. The Hall–Kier alpha value is -1.26. The maximum Gasteiger partial charge on any atom is 0.410 e. The summed E-state index contributed by atoms with van der Waals surface area (Å²) in [5.41, 5.74) is 0. The molecule has 1 aliphatic heterocycles. The zero-order valence-electron chi connectivity index (χ0n) is 11.5. The van der Waals surface area contributed by atoms with Gasteiger partial charge in [0.2, 0.25) is 0 Å². The van der Waals surface area contributed by atoms with Gasteiger partial charge >= 0.3 is 12.1 Å². The van der Waals surface area contributed by atoms with Gasteiger partial charge in [0.1, 0.15) is 6.10 Å². The van der Waals surface area contributed by atoms with E-state index in [0.29, 0.717) is 26.0 Å². The minimum absolute atomic E-state index is 0.115. The molecule has 1 amide bonds. The number of carbonyl (C=O) groups excluding carboxylic acids is 2. The number of likely N-dealkylation sites (tertiary alicyclic amines) is 1. The highest BCUT2D eigenvalue weighted by Crippen LogP contribution is 2.23. The number of ether oxygens (including phenoxy) is 2. The van der Waals surface area contributed by atoms with Crippen LogP contribution in [-0.4, -0.2) is 42.3 Å². The number of amides is 1. The fraction of sp³-hybridized carbons (Fsp3) is 0.846. The predicted molar refractivity (Wildman–Crippen MR) is 67.2 cm³/mol. The van der Waals surface area contributed by atoms with Crippen molar-refractivity contribution in [2.24, 2.45) is 0 Å². The van der Waals surface area contributed by atoms with E-state index in [-0.39, 0.29) is 24.2 Å². The highest BCUT2D eigenvalue weighted by atomic mass is 16.6. The maximum absolute atomic E-state index is 11.8. The molecular formula is C13H23NO4. The lowest BCUT2D eigenvalue weighted by atomic mass is 10.1. The second-order valence-corrected chi connectivity index (χ2v) is 4.53. The van der Waals surface area contributed by atoms with Crippen molar-refractivity contribution < 1.29 is 19.1 Å². The van der Waals surface area contributed by atoms with Crippen LogP contribution in [0.3, 0.4) is 0 Å². The molecule has 0 radical (unpaired) electrons. The van der Waals surface area contributed by atoms with Crippen LogP contribution in [0.25, 0.3) is 0 Å². The Bertz CT molecular complexity index is 293. The minimum atomic E-state index is -0.293. The molecule has 0 aliphatic carbocycles. The Labute approximate surface area is 108 Å². The lowest BCUT2D eigenvalue weighted by Crippen LogP contribution is -2.36. The molecule has 1 saturated heterocycles. The van der Waals surface area contributed by atoms with Gasteiger partial charge in [-0.2, -0.15) is 0 Å². The van der Waals surface area contributed by atoms with Crippen LogP contribution < -0.4 is 0 Å². The van der Waals surface area contributed by atoms with Gasteiger partial charge in [-0.25, -0.2) is 4.79 Å². The van der Waals surface area contributed by atoms with E-state index in [2.05, 4.69) is 0 Å². The first kappa shape index (κ1) is 14.8. The van der Waals surface area contributed by atoms with Crippen molar-refractivity contribution in [2.75, 3.05) is 13.2 Å². The second kappa shape index (κ2) is 7.24.